The smallest absolute Gasteiger partial charge is 0.248 e. The Morgan fingerprint density at radius 1 is 1.35 bits per heavy atom. The molecule has 1 aliphatic heterocycles. The number of carbonyl (C=O) groups is 2. The van der Waals surface area contributed by atoms with Crippen molar-refractivity contribution in [2.24, 2.45) is 0 Å². The summed E-state index contributed by atoms with van der Waals surface area (Å²) in [5.74, 6) is -0.528. The van der Waals surface area contributed by atoms with Crippen molar-refractivity contribution in [2.75, 3.05) is 6.54 Å². The first-order valence-electron chi connectivity index (χ1n) is 6.65. The normalized spacial score (nSPS) is 18.7. The van der Waals surface area contributed by atoms with Gasteiger partial charge in [0.05, 0.1) is 0 Å². The van der Waals surface area contributed by atoms with Crippen LogP contribution in [-0.2, 0) is 16.1 Å². The Bertz CT molecular complexity index is 555. The Hall–Kier alpha value is -1.91. The molecule has 0 spiro atoms. The van der Waals surface area contributed by atoms with Gasteiger partial charge in [0.15, 0.2) is 0 Å². The lowest BCUT2D eigenvalue weighted by molar-refractivity contribution is -0.137. The fraction of sp³-hybridized carbons (Fsp3) is 0.467. The second kappa shape index (κ2) is 5.23. The van der Waals surface area contributed by atoms with Gasteiger partial charge < -0.3 is 10.2 Å². The highest BCUT2D eigenvalue weighted by Crippen LogP contribution is 2.18. The monoisotopic (exact) mass is 278 g/mol. The van der Waals surface area contributed by atoms with E-state index >= 15 is 0 Å². The van der Waals surface area contributed by atoms with Crippen LogP contribution < -0.4 is 5.32 Å². The molecule has 0 aromatic heterocycles. The van der Waals surface area contributed by atoms with Crippen molar-refractivity contribution >= 4 is 11.8 Å². The number of amides is 2. The Labute approximate surface area is 118 Å². The van der Waals surface area contributed by atoms with Gasteiger partial charge in [0.1, 0.15) is 11.4 Å². The molecule has 0 saturated carbocycles. The van der Waals surface area contributed by atoms with E-state index < -0.39 is 5.54 Å². The van der Waals surface area contributed by atoms with Crippen LogP contribution in [-0.4, -0.2) is 28.8 Å². The maximum absolute atomic E-state index is 13.1. The fourth-order valence-corrected chi connectivity index (χ4v) is 2.39. The summed E-state index contributed by atoms with van der Waals surface area (Å²) in [5, 5.41) is 2.72. The van der Waals surface area contributed by atoms with Crippen LogP contribution >= 0.6 is 0 Å². The standard InChI is InChI=1S/C15H19FN2O2/c1-10-8-12(16)5-4-11(10)9-18-7-6-13(19)17-15(2,3)14(18)20/h4-5,8H,6-7,9H2,1-3H3,(H,17,19). The first kappa shape index (κ1) is 14.5. The number of benzene rings is 1. The van der Waals surface area contributed by atoms with Crippen molar-refractivity contribution in [1.82, 2.24) is 10.2 Å². The molecule has 1 aliphatic rings. The molecule has 0 bridgehead atoms. The number of nitrogens with one attached hydrogen (secondary N) is 1. The summed E-state index contributed by atoms with van der Waals surface area (Å²) in [5.41, 5.74) is 0.797. The first-order chi connectivity index (χ1) is 9.29. The first-order valence-corrected chi connectivity index (χ1v) is 6.65. The van der Waals surface area contributed by atoms with Crippen molar-refractivity contribution in [3.05, 3.63) is 35.1 Å². The number of hydrogen-bond acceptors (Lipinski definition) is 2. The molecule has 0 atom stereocenters. The van der Waals surface area contributed by atoms with Gasteiger partial charge in [-0.15, -0.1) is 0 Å². The van der Waals surface area contributed by atoms with Crippen LogP contribution in [0.5, 0.6) is 0 Å². The molecule has 1 N–H and O–H groups in total. The summed E-state index contributed by atoms with van der Waals surface area (Å²) in [4.78, 5) is 25.7. The molecule has 5 heteroatoms. The Kier molecular flexibility index (Phi) is 3.79. The molecule has 1 heterocycles. The van der Waals surface area contributed by atoms with Crippen LogP contribution in [0.4, 0.5) is 4.39 Å². The zero-order valence-corrected chi connectivity index (χ0v) is 12.0. The summed E-state index contributed by atoms with van der Waals surface area (Å²) in [6.45, 7) is 5.98. The van der Waals surface area contributed by atoms with E-state index in [1.165, 1.54) is 12.1 Å². The number of hydrogen-bond donors (Lipinski definition) is 1. The van der Waals surface area contributed by atoms with Gasteiger partial charge in [-0.2, -0.15) is 0 Å². The number of rotatable bonds is 2. The SMILES string of the molecule is Cc1cc(F)ccc1CN1CCC(=O)NC(C)(C)C1=O. The van der Waals surface area contributed by atoms with E-state index in [1.807, 2.05) is 6.92 Å². The third kappa shape index (κ3) is 2.98. The minimum atomic E-state index is -0.901. The molecule has 1 saturated heterocycles. The third-order valence-corrected chi connectivity index (χ3v) is 3.55. The second-order valence-electron chi connectivity index (χ2n) is 5.72. The Morgan fingerprint density at radius 2 is 2.05 bits per heavy atom. The van der Waals surface area contributed by atoms with Gasteiger partial charge in [-0.05, 0) is 44.0 Å². The van der Waals surface area contributed by atoms with Gasteiger partial charge in [-0.1, -0.05) is 6.07 Å². The number of carbonyl (C=O) groups excluding carboxylic acids is 2. The molecule has 4 nitrogen and oxygen atoms in total. The number of nitrogens with zero attached hydrogens (tertiary/aromatic N) is 1. The van der Waals surface area contributed by atoms with Crippen LogP contribution in [0.3, 0.4) is 0 Å². The predicted octanol–water partition coefficient (Wildman–Crippen LogP) is 1.76. The van der Waals surface area contributed by atoms with E-state index in [0.29, 0.717) is 13.1 Å². The maximum atomic E-state index is 13.1. The van der Waals surface area contributed by atoms with E-state index in [2.05, 4.69) is 5.32 Å². The van der Waals surface area contributed by atoms with Crippen LogP contribution in [0, 0.1) is 12.7 Å². The molecule has 108 valence electrons. The van der Waals surface area contributed by atoms with Gasteiger partial charge in [0.25, 0.3) is 0 Å². The summed E-state index contributed by atoms with van der Waals surface area (Å²) in [6.07, 6.45) is 0.287. The van der Waals surface area contributed by atoms with Crippen molar-refractivity contribution in [3.63, 3.8) is 0 Å². The summed E-state index contributed by atoms with van der Waals surface area (Å²) in [7, 11) is 0. The zero-order chi connectivity index (χ0) is 14.9. The van der Waals surface area contributed by atoms with Crippen molar-refractivity contribution in [1.29, 1.82) is 0 Å². The average Bonchev–Trinajstić information content (AvgIpc) is 2.43. The van der Waals surface area contributed by atoms with Gasteiger partial charge >= 0.3 is 0 Å². The van der Waals surface area contributed by atoms with E-state index in [0.717, 1.165) is 11.1 Å². The minimum absolute atomic E-state index is 0.118. The third-order valence-electron chi connectivity index (χ3n) is 3.55. The zero-order valence-electron chi connectivity index (χ0n) is 12.0. The highest BCUT2D eigenvalue weighted by atomic mass is 19.1. The molecule has 20 heavy (non-hydrogen) atoms. The number of halogens is 1. The quantitative estimate of drug-likeness (QED) is 0.896. The lowest BCUT2D eigenvalue weighted by atomic mass is 10.0. The van der Waals surface area contributed by atoms with E-state index in [4.69, 9.17) is 0 Å². The molecule has 1 fully saturated rings. The minimum Gasteiger partial charge on any atom is -0.342 e. The molecule has 0 aliphatic carbocycles. The van der Waals surface area contributed by atoms with E-state index in [9.17, 15) is 14.0 Å². The van der Waals surface area contributed by atoms with Gasteiger partial charge in [-0.3, -0.25) is 9.59 Å². The lowest BCUT2D eigenvalue weighted by Crippen LogP contribution is -2.52. The van der Waals surface area contributed by atoms with Crippen molar-refractivity contribution in [3.8, 4) is 0 Å². The van der Waals surface area contributed by atoms with Crippen molar-refractivity contribution in [2.45, 2.75) is 39.3 Å². The maximum Gasteiger partial charge on any atom is 0.248 e. The molecule has 0 radical (unpaired) electrons. The van der Waals surface area contributed by atoms with Crippen LogP contribution in [0.2, 0.25) is 0 Å². The van der Waals surface area contributed by atoms with Crippen LogP contribution in [0.15, 0.2) is 18.2 Å². The van der Waals surface area contributed by atoms with E-state index in [-0.39, 0.29) is 24.1 Å². The lowest BCUT2D eigenvalue weighted by Gasteiger charge is -2.29. The molecule has 2 amide bonds. The van der Waals surface area contributed by atoms with Gasteiger partial charge in [-0.25, -0.2) is 4.39 Å². The largest absolute Gasteiger partial charge is 0.342 e. The van der Waals surface area contributed by atoms with E-state index in [1.54, 1.807) is 24.8 Å². The fourth-order valence-electron chi connectivity index (χ4n) is 2.39. The second-order valence-corrected chi connectivity index (χ2v) is 5.72. The summed E-state index contributed by atoms with van der Waals surface area (Å²) >= 11 is 0. The molecular formula is C15H19FN2O2. The Balaban J connectivity index is 2.23. The molecule has 2 rings (SSSR count). The van der Waals surface area contributed by atoms with Gasteiger partial charge in [0, 0.05) is 19.5 Å². The molecule has 1 aromatic rings. The predicted molar refractivity (Wildman–Crippen MR) is 73.4 cm³/mol. The Morgan fingerprint density at radius 3 is 2.70 bits per heavy atom. The average molecular weight is 278 g/mol. The van der Waals surface area contributed by atoms with Gasteiger partial charge in [0.2, 0.25) is 11.8 Å². The van der Waals surface area contributed by atoms with Crippen LogP contribution in [0.25, 0.3) is 0 Å². The topological polar surface area (TPSA) is 49.4 Å². The molecule has 1 aromatic carbocycles. The number of aryl methyl sites for hydroxylation is 1. The highest BCUT2D eigenvalue weighted by Gasteiger charge is 2.36. The highest BCUT2D eigenvalue weighted by molar-refractivity contribution is 5.92. The van der Waals surface area contributed by atoms with Crippen LogP contribution in [0.1, 0.15) is 31.4 Å². The molecular weight excluding hydrogens is 259 g/mol. The summed E-state index contributed by atoms with van der Waals surface area (Å²) < 4.78 is 13.1. The molecule has 0 unspecified atom stereocenters. The summed E-state index contributed by atoms with van der Waals surface area (Å²) in [6, 6.07) is 4.52. The van der Waals surface area contributed by atoms with Crippen molar-refractivity contribution < 1.29 is 14.0 Å².